The maximum absolute atomic E-state index is 13.6. The number of amides is 1. The number of esters is 2. The van der Waals surface area contributed by atoms with Crippen LogP contribution in [0.1, 0.15) is 62.1 Å². The summed E-state index contributed by atoms with van der Waals surface area (Å²) in [4.78, 5) is 57.2. The van der Waals surface area contributed by atoms with Crippen molar-refractivity contribution in [1.82, 2.24) is 20.2 Å². The van der Waals surface area contributed by atoms with Crippen molar-refractivity contribution >= 4 is 46.1 Å². The van der Waals surface area contributed by atoms with Gasteiger partial charge in [0.1, 0.15) is 13.2 Å². The van der Waals surface area contributed by atoms with Crippen LogP contribution in [-0.4, -0.2) is 39.1 Å². The number of para-hydroxylation sites is 1. The lowest BCUT2D eigenvalue weighted by Crippen LogP contribution is -2.49. The Morgan fingerprint density at radius 2 is 1.95 bits per heavy atom. The number of nitrogens with zero attached hydrogens (tertiary/aromatic N) is 2. The van der Waals surface area contributed by atoms with Crippen LogP contribution < -0.4 is 16.2 Å². The van der Waals surface area contributed by atoms with Crippen LogP contribution in [0.2, 0.25) is 0 Å². The lowest BCUT2D eigenvalue weighted by Gasteiger charge is -2.35. The van der Waals surface area contributed by atoms with Crippen LogP contribution in [-0.2, 0) is 42.6 Å². The Hall–Kier alpha value is -4.12. The molecule has 0 radical (unpaired) electrons. The van der Waals surface area contributed by atoms with Crippen LogP contribution in [0.3, 0.4) is 0 Å². The predicted octanol–water partition coefficient (Wildman–Crippen LogP) is 3.20. The van der Waals surface area contributed by atoms with Gasteiger partial charge in [0, 0.05) is 22.4 Å². The zero-order chi connectivity index (χ0) is 28.7. The number of hydrogen-bond donors (Lipinski definition) is 2. The summed E-state index contributed by atoms with van der Waals surface area (Å²) < 4.78 is 12.8. The highest BCUT2D eigenvalue weighted by atomic mass is 32.1. The third kappa shape index (κ3) is 4.77. The molecule has 10 nitrogen and oxygen atoms in total. The largest absolute Gasteiger partial charge is 0.457 e. The third-order valence-electron chi connectivity index (χ3n) is 8.28. The number of pyridine rings is 2. The smallest absolute Gasteiger partial charge is 0.355 e. The number of rotatable bonds is 5. The van der Waals surface area contributed by atoms with E-state index in [0.29, 0.717) is 23.5 Å². The first kappa shape index (κ1) is 27.1. The maximum atomic E-state index is 13.6. The van der Waals surface area contributed by atoms with Gasteiger partial charge in [0.15, 0.2) is 5.11 Å². The molecule has 0 unspecified atom stereocenters. The molecule has 4 heterocycles. The van der Waals surface area contributed by atoms with Crippen LogP contribution in [0.25, 0.3) is 22.3 Å². The quantitative estimate of drug-likeness (QED) is 0.273. The molecule has 212 valence electrons. The molecule has 1 aliphatic carbocycles. The summed E-state index contributed by atoms with van der Waals surface area (Å²) in [6, 6.07) is 11.4. The van der Waals surface area contributed by atoms with Crippen LogP contribution in [0.5, 0.6) is 0 Å². The van der Waals surface area contributed by atoms with Crippen molar-refractivity contribution in [2.24, 2.45) is 5.92 Å². The van der Waals surface area contributed by atoms with Gasteiger partial charge in [-0.3, -0.25) is 14.4 Å². The standard InChI is InChI=1S/C30H30N4O6S/c1-2-30(40-24(35)14-31-29(41)33-26(36)17-8-4-3-5-9-17)21-13-23-25-19(12-18-10-6-7-11-22(18)32-25)15-34(23)27(37)20(21)16-39-28(30)38/h6-7,10-13,17H,2-5,8-9,14-16H2,1H3,(H2,31,33,36,41)/t30-/m0/s1. The maximum Gasteiger partial charge on any atom is 0.355 e. The number of fused-ring (bicyclic) bond motifs is 5. The van der Waals surface area contributed by atoms with Crippen molar-refractivity contribution in [3.05, 3.63) is 63.4 Å². The highest BCUT2D eigenvalue weighted by Gasteiger charge is 2.50. The Balaban J connectivity index is 1.25. The molecule has 0 bridgehead atoms. The van der Waals surface area contributed by atoms with Crippen LogP contribution >= 0.6 is 12.2 Å². The zero-order valence-electron chi connectivity index (χ0n) is 22.7. The van der Waals surface area contributed by atoms with E-state index in [9.17, 15) is 19.2 Å². The first-order valence-electron chi connectivity index (χ1n) is 13.9. The highest BCUT2D eigenvalue weighted by molar-refractivity contribution is 7.80. The van der Waals surface area contributed by atoms with E-state index in [4.69, 9.17) is 26.7 Å². The number of nitrogens with one attached hydrogen (secondary N) is 2. The van der Waals surface area contributed by atoms with Crippen molar-refractivity contribution in [2.45, 2.75) is 64.2 Å². The molecule has 0 spiro atoms. The van der Waals surface area contributed by atoms with E-state index >= 15 is 0 Å². The van der Waals surface area contributed by atoms with Gasteiger partial charge >= 0.3 is 11.9 Å². The minimum Gasteiger partial charge on any atom is -0.457 e. The molecule has 2 aromatic heterocycles. The second-order valence-corrected chi connectivity index (χ2v) is 11.1. The predicted molar refractivity (Wildman–Crippen MR) is 154 cm³/mol. The first-order chi connectivity index (χ1) is 19.8. The second kappa shape index (κ2) is 10.7. The SMILES string of the molecule is CC[C@@]1(OC(=O)CNC(=S)NC(=O)C2CCCCC2)C(=O)OCc2c1cc1n(c2=O)Cc2cc3ccccc3nc2-1. The second-order valence-electron chi connectivity index (χ2n) is 10.7. The number of carbonyl (C=O) groups excluding carboxylic acids is 3. The Kier molecular flexibility index (Phi) is 7.06. The van der Waals surface area contributed by atoms with Crippen molar-refractivity contribution in [3.63, 3.8) is 0 Å². The van der Waals surface area contributed by atoms with Gasteiger partial charge in [-0.1, -0.05) is 44.4 Å². The lowest BCUT2D eigenvalue weighted by atomic mass is 9.85. The van der Waals surface area contributed by atoms with Crippen molar-refractivity contribution in [2.75, 3.05) is 6.54 Å². The number of aromatic nitrogens is 2. The fraction of sp³-hybridized carbons (Fsp3) is 0.400. The number of benzene rings is 1. The average Bonchev–Trinajstić information content (AvgIpc) is 3.34. The van der Waals surface area contributed by atoms with Crippen molar-refractivity contribution in [3.8, 4) is 11.4 Å². The summed E-state index contributed by atoms with van der Waals surface area (Å²) in [6.07, 6.45) is 4.82. The molecule has 1 saturated carbocycles. The number of hydrogen-bond acceptors (Lipinski definition) is 8. The average molecular weight is 575 g/mol. The molecule has 1 fully saturated rings. The fourth-order valence-corrected chi connectivity index (χ4v) is 6.26. The van der Waals surface area contributed by atoms with Gasteiger partial charge in [-0.2, -0.15) is 0 Å². The number of thiocarbonyl (C=S) groups is 1. The first-order valence-corrected chi connectivity index (χ1v) is 14.4. The molecule has 3 aromatic rings. The normalized spacial score (nSPS) is 19.5. The van der Waals surface area contributed by atoms with Gasteiger partial charge in [0.2, 0.25) is 11.5 Å². The number of carbonyl (C=O) groups is 3. The van der Waals surface area contributed by atoms with Crippen LogP contribution in [0.15, 0.2) is 41.2 Å². The molecule has 1 aromatic carbocycles. The molecule has 2 N–H and O–H groups in total. The molecule has 0 saturated heterocycles. The number of cyclic esters (lactones) is 1. The topological polar surface area (TPSA) is 129 Å². The Bertz CT molecular complexity index is 1660. The van der Waals surface area contributed by atoms with Crippen molar-refractivity contribution < 1.29 is 23.9 Å². The molecule has 2 aliphatic heterocycles. The van der Waals surface area contributed by atoms with E-state index in [1.807, 2.05) is 30.3 Å². The van der Waals surface area contributed by atoms with Crippen LogP contribution in [0.4, 0.5) is 0 Å². The van der Waals surface area contributed by atoms with Crippen LogP contribution in [0, 0.1) is 5.92 Å². The van der Waals surface area contributed by atoms with Gasteiger partial charge in [0.25, 0.3) is 5.56 Å². The zero-order valence-corrected chi connectivity index (χ0v) is 23.5. The van der Waals surface area contributed by atoms with E-state index in [-0.39, 0.29) is 47.6 Å². The van der Waals surface area contributed by atoms with Gasteiger partial charge in [0.05, 0.1) is 29.0 Å². The Labute approximate surface area is 241 Å². The summed E-state index contributed by atoms with van der Waals surface area (Å²) >= 11 is 5.21. The molecule has 1 amide bonds. The molecular formula is C30H30N4O6S. The van der Waals surface area contributed by atoms with E-state index in [0.717, 1.165) is 48.6 Å². The van der Waals surface area contributed by atoms with E-state index < -0.39 is 17.5 Å². The summed E-state index contributed by atoms with van der Waals surface area (Å²) in [5.74, 6) is -1.79. The molecule has 3 aliphatic rings. The molecule has 11 heteroatoms. The summed E-state index contributed by atoms with van der Waals surface area (Å²) in [5.41, 5.74) is 1.33. The van der Waals surface area contributed by atoms with Gasteiger partial charge in [-0.15, -0.1) is 0 Å². The van der Waals surface area contributed by atoms with Gasteiger partial charge in [-0.05, 0) is 49.7 Å². The molecule has 1 atom stereocenters. The minimum atomic E-state index is -1.81. The van der Waals surface area contributed by atoms with Crippen molar-refractivity contribution in [1.29, 1.82) is 0 Å². The summed E-state index contributed by atoms with van der Waals surface area (Å²) in [6.45, 7) is 1.44. The third-order valence-corrected chi connectivity index (χ3v) is 8.53. The molecule has 6 rings (SSSR count). The minimum absolute atomic E-state index is 0.0145. The van der Waals surface area contributed by atoms with E-state index in [1.165, 1.54) is 0 Å². The molecular weight excluding hydrogens is 544 g/mol. The molecule has 41 heavy (non-hydrogen) atoms. The monoisotopic (exact) mass is 574 g/mol. The fourth-order valence-electron chi connectivity index (χ4n) is 6.09. The highest BCUT2D eigenvalue weighted by Crippen LogP contribution is 2.41. The summed E-state index contributed by atoms with van der Waals surface area (Å²) in [5, 5.41) is 6.33. The Morgan fingerprint density at radius 3 is 2.73 bits per heavy atom. The van der Waals surface area contributed by atoms with E-state index in [1.54, 1.807) is 17.6 Å². The lowest BCUT2D eigenvalue weighted by molar-refractivity contribution is -0.188. The van der Waals surface area contributed by atoms with Gasteiger partial charge < -0.3 is 24.7 Å². The van der Waals surface area contributed by atoms with E-state index in [2.05, 4.69) is 10.6 Å². The summed E-state index contributed by atoms with van der Waals surface area (Å²) in [7, 11) is 0. The Morgan fingerprint density at radius 1 is 1.17 bits per heavy atom. The number of ether oxygens (including phenoxy) is 2. The van der Waals surface area contributed by atoms with Gasteiger partial charge in [-0.25, -0.2) is 9.78 Å².